The minimum absolute atomic E-state index is 0.0411. The van der Waals surface area contributed by atoms with Crippen LogP contribution < -0.4 is 0 Å². The van der Waals surface area contributed by atoms with Gasteiger partial charge in [-0.25, -0.2) is 4.79 Å². The van der Waals surface area contributed by atoms with Crippen molar-refractivity contribution in [3.05, 3.63) is 109 Å². The average molecular weight is 1160 g/mol. The van der Waals surface area contributed by atoms with Crippen LogP contribution in [0.2, 0.25) is 0 Å². The van der Waals surface area contributed by atoms with Crippen molar-refractivity contribution in [1.29, 1.82) is 0 Å². The van der Waals surface area contributed by atoms with Crippen LogP contribution in [0.1, 0.15) is 265 Å². The fourth-order valence-corrected chi connectivity index (χ4v) is 9.34. The van der Waals surface area contributed by atoms with Crippen LogP contribution in [0.15, 0.2) is 109 Å². The van der Waals surface area contributed by atoms with E-state index < -0.39 is 67.3 Å². The molecular formula is C71H116O12. The number of aliphatic carboxylic acids is 1. The Morgan fingerprint density at radius 1 is 0.410 bits per heavy atom. The molecule has 0 aromatic heterocycles. The molecule has 472 valence electrons. The summed E-state index contributed by atoms with van der Waals surface area (Å²) < 4.78 is 28.5. The predicted molar refractivity (Wildman–Crippen MR) is 340 cm³/mol. The molecule has 1 aliphatic rings. The lowest BCUT2D eigenvalue weighted by atomic mass is 9.98. The molecule has 6 atom stereocenters. The maximum Gasteiger partial charge on any atom is 0.335 e. The van der Waals surface area contributed by atoms with Gasteiger partial charge in [-0.1, -0.05) is 233 Å². The molecule has 0 radical (unpaired) electrons. The van der Waals surface area contributed by atoms with Crippen LogP contribution in [0.4, 0.5) is 0 Å². The number of unbranched alkanes of at least 4 members (excludes halogenated alkanes) is 23. The number of carboxylic acid groups (broad SMARTS) is 1. The number of carboxylic acids is 1. The number of aliphatic hydroxyl groups is 2. The molecule has 1 fully saturated rings. The van der Waals surface area contributed by atoms with E-state index in [0.717, 1.165) is 148 Å². The van der Waals surface area contributed by atoms with Crippen LogP contribution in [0, 0.1) is 0 Å². The van der Waals surface area contributed by atoms with Crippen molar-refractivity contribution in [2.75, 3.05) is 13.2 Å². The molecule has 0 aromatic carbocycles. The van der Waals surface area contributed by atoms with E-state index in [1.807, 2.05) is 0 Å². The first-order valence-electron chi connectivity index (χ1n) is 32.9. The van der Waals surface area contributed by atoms with Crippen molar-refractivity contribution in [3.63, 3.8) is 0 Å². The topological polar surface area (TPSA) is 175 Å². The zero-order chi connectivity index (χ0) is 60.3. The number of aliphatic hydroxyl groups excluding tert-OH is 2. The third-order valence-corrected chi connectivity index (χ3v) is 14.3. The van der Waals surface area contributed by atoms with Crippen molar-refractivity contribution < 1.29 is 58.2 Å². The van der Waals surface area contributed by atoms with Gasteiger partial charge in [0.05, 0.1) is 6.61 Å². The van der Waals surface area contributed by atoms with Crippen LogP contribution in [-0.4, -0.2) is 89.2 Å². The van der Waals surface area contributed by atoms with Crippen molar-refractivity contribution in [2.24, 2.45) is 0 Å². The molecule has 6 unspecified atom stereocenters. The number of ether oxygens (including phenoxy) is 5. The number of esters is 3. The molecule has 1 saturated heterocycles. The molecule has 12 heteroatoms. The van der Waals surface area contributed by atoms with Crippen LogP contribution in [-0.2, 0) is 42.9 Å². The second-order valence-electron chi connectivity index (χ2n) is 22.0. The molecule has 83 heavy (non-hydrogen) atoms. The van der Waals surface area contributed by atoms with E-state index in [2.05, 4.69) is 130 Å². The Bertz CT molecular complexity index is 1860. The monoisotopic (exact) mass is 1160 g/mol. The third kappa shape index (κ3) is 47.3. The van der Waals surface area contributed by atoms with Gasteiger partial charge in [-0.15, -0.1) is 0 Å². The number of carbonyl (C=O) groups excluding carboxylic acids is 3. The van der Waals surface area contributed by atoms with Gasteiger partial charge in [0.15, 0.2) is 24.6 Å². The number of allylic oxidation sites excluding steroid dienone is 18. The Kier molecular flexibility index (Phi) is 53.2. The van der Waals surface area contributed by atoms with Crippen LogP contribution in [0.3, 0.4) is 0 Å². The maximum atomic E-state index is 13.2. The van der Waals surface area contributed by atoms with Gasteiger partial charge >= 0.3 is 23.9 Å². The summed E-state index contributed by atoms with van der Waals surface area (Å²) in [4.78, 5) is 51.4. The molecule has 0 saturated carbocycles. The lowest BCUT2D eigenvalue weighted by molar-refractivity contribution is -0.301. The highest BCUT2D eigenvalue weighted by molar-refractivity contribution is 5.74. The molecule has 0 bridgehead atoms. The highest BCUT2D eigenvalue weighted by Crippen LogP contribution is 2.26. The molecule has 1 rings (SSSR count). The maximum absolute atomic E-state index is 13.2. The first-order chi connectivity index (χ1) is 40.6. The van der Waals surface area contributed by atoms with Gasteiger partial charge in [0.2, 0.25) is 0 Å². The van der Waals surface area contributed by atoms with Crippen LogP contribution >= 0.6 is 0 Å². The zero-order valence-corrected chi connectivity index (χ0v) is 52.2. The Morgan fingerprint density at radius 3 is 1.16 bits per heavy atom. The SMILES string of the molecule is CC/C=C\C/C=C\C/C=C\C/C=C\CCCCCCC(=O)OC(COC(=O)CCCCCCCCCCC/C=C\C/C=C\CCCCC)COC1OC(C(=O)O)C(O)C(O)C1OC(=O)CCCCCCCCC/C=C\C/C=C\C/C=C\CC. The number of hydrogen-bond donors (Lipinski definition) is 3. The van der Waals surface area contributed by atoms with Crippen molar-refractivity contribution >= 4 is 23.9 Å². The van der Waals surface area contributed by atoms with Gasteiger partial charge < -0.3 is 39.0 Å². The first-order valence-corrected chi connectivity index (χ1v) is 32.9. The van der Waals surface area contributed by atoms with Gasteiger partial charge in [-0.2, -0.15) is 0 Å². The summed E-state index contributed by atoms with van der Waals surface area (Å²) in [5.74, 6) is -3.17. The van der Waals surface area contributed by atoms with Crippen molar-refractivity contribution in [2.45, 2.75) is 302 Å². The first kappa shape index (κ1) is 76.4. The predicted octanol–water partition coefficient (Wildman–Crippen LogP) is 17.8. The fourth-order valence-electron chi connectivity index (χ4n) is 9.34. The minimum Gasteiger partial charge on any atom is -0.479 e. The minimum atomic E-state index is -1.92. The third-order valence-electron chi connectivity index (χ3n) is 14.3. The highest BCUT2D eigenvalue weighted by atomic mass is 16.7. The second kappa shape index (κ2) is 57.8. The van der Waals surface area contributed by atoms with Crippen LogP contribution in [0.5, 0.6) is 0 Å². The molecule has 0 amide bonds. The lowest BCUT2D eigenvalue weighted by Crippen LogP contribution is -2.61. The Morgan fingerprint density at radius 2 is 0.759 bits per heavy atom. The molecule has 0 spiro atoms. The van der Waals surface area contributed by atoms with Gasteiger partial charge in [0, 0.05) is 19.3 Å². The summed E-state index contributed by atoms with van der Waals surface area (Å²) in [5, 5.41) is 31.6. The molecular weight excluding hydrogens is 1040 g/mol. The van der Waals surface area contributed by atoms with E-state index in [0.29, 0.717) is 19.3 Å². The quantitative estimate of drug-likeness (QED) is 0.0228. The van der Waals surface area contributed by atoms with E-state index in [9.17, 15) is 34.5 Å². The molecule has 3 N–H and O–H groups in total. The molecule has 1 heterocycles. The normalized spacial score (nSPS) is 18.3. The molecule has 0 aliphatic carbocycles. The fraction of sp³-hybridized carbons (Fsp3) is 0.690. The van der Waals surface area contributed by atoms with Crippen LogP contribution in [0.25, 0.3) is 0 Å². The van der Waals surface area contributed by atoms with E-state index in [4.69, 9.17) is 23.7 Å². The van der Waals surface area contributed by atoms with Gasteiger partial charge in [-0.05, 0) is 122 Å². The number of carbonyl (C=O) groups is 4. The standard InChI is InChI=1S/C71H116O12/c1-4-7-10-13-16-19-22-25-28-31-32-35-36-39-42-45-48-51-54-57-63(72)79-60-62(81-64(73)58-55-52-49-46-43-40-37-33-29-26-23-20-17-14-11-8-5-2)61-80-71-69(67(76)66(75)68(83-71)70(77)78)82-65(74)59-56-53-50-47-44-41-38-34-30-27-24-21-18-15-12-9-6-3/h8-9,11-12,16-21,25-30,37,40,62,66-69,71,75-76H,4-7,10,13-15,22-24,31-36,38-39,41-61H2,1-3H3,(H,77,78)/b11-8-,12-9-,19-16-,20-17-,21-18-,28-25-,29-26-,30-27-,40-37-. The highest BCUT2D eigenvalue weighted by Gasteiger charge is 2.50. The van der Waals surface area contributed by atoms with Gasteiger partial charge in [-0.3, -0.25) is 14.4 Å². The van der Waals surface area contributed by atoms with E-state index in [-0.39, 0.29) is 25.9 Å². The smallest absolute Gasteiger partial charge is 0.335 e. The average Bonchev–Trinajstić information content (AvgIpc) is 3.59. The summed E-state index contributed by atoms with van der Waals surface area (Å²) >= 11 is 0. The molecule has 1 aliphatic heterocycles. The lowest BCUT2D eigenvalue weighted by Gasteiger charge is -2.40. The Labute approximate surface area is 504 Å². The Hall–Kier alpha value is -4.62. The largest absolute Gasteiger partial charge is 0.479 e. The van der Waals surface area contributed by atoms with E-state index in [1.54, 1.807) is 0 Å². The van der Waals surface area contributed by atoms with Gasteiger partial charge in [0.25, 0.3) is 0 Å². The van der Waals surface area contributed by atoms with E-state index >= 15 is 0 Å². The summed E-state index contributed by atoms with van der Waals surface area (Å²) in [6.07, 6.45) is 66.1. The van der Waals surface area contributed by atoms with E-state index in [1.165, 1.54) is 57.8 Å². The number of hydrogen-bond acceptors (Lipinski definition) is 11. The Balaban J connectivity index is 2.68. The van der Waals surface area contributed by atoms with Crippen molar-refractivity contribution in [3.8, 4) is 0 Å². The second-order valence-corrected chi connectivity index (χ2v) is 22.0. The van der Waals surface area contributed by atoms with Gasteiger partial charge in [0.1, 0.15) is 18.8 Å². The molecule has 0 aromatic rings. The summed E-state index contributed by atoms with van der Waals surface area (Å²) in [7, 11) is 0. The zero-order valence-electron chi connectivity index (χ0n) is 52.2. The summed E-state index contributed by atoms with van der Waals surface area (Å²) in [5.41, 5.74) is 0. The summed E-state index contributed by atoms with van der Waals surface area (Å²) in [6, 6.07) is 0. The summed E-state index contributed by atoms with van der Waals surface area (Å²) in [6.45, 7) is 5.74. The number of rotatable bonds is 55. The van der Waals surface area contributed by atoms with Crippen molar-refractivity contribution in [1.82, 2.24) is 0 Å². The molecule has 12 nitrogen and oxygen atoms in total.